The summed E-state index contributed by atoms with van der Waals surface area (Å²) in [6.07, 6.45) is 4.49. The Morgan fingerprint density at radius 1 is 1.09 bits per heavy atom. The van der Waals surface area contributed by atoms with Crippen molar-refractivity contribution in [3.63, 3.8) is 0 Å². The SMILES string of the molecule is CN1CCN(S(=O)(=O)c2ccc(Nc3cccc(Oc4cnccn4)c3)c([N+](=O)[O-])c2)CC1. The fourth-order valence-electron chi connectivity index (χ4n) is 3.36. The third-order valence-electron chi connectivity index (χ3n) is 5.14. The number of benzene rings is 2. The van der Waals surface area contributed by atoms with Crippen molar-refractivity contribution >= 4 is 27.1 Å². The summed E-state index contributed by atoms with van der Waals surface area (Å²) in [6, 6.07) is 10.7. The summed E-state index contributed by atoms with van der Waals surface area (Å²) in [5.41, 5.74) is 0.341. The van der Waals surface area contributed by atoms with E-state index in [2.05, 4.69) is 15.3 Å². The molecule has 1 saturated heterocycles. The summed E-state index contributed by atoms with van der Waals surface area (Å²) in [6.45, 7) is 1.89. The van der Waals surface area contributed by atoms with E-state index in [1.165, 1.54) is 35.0 Å². The van der Waals surface area contributed by atoms with Crippen molar-refractivity contribution in [3.8, 4) is 11.6 Å². The number of hydrogen-bond acceptors (Lipinski definition) is 9. The summed E-state index contributed by atoms with van der Waals surface area (Å²) in [5, 5.41) is 14.7. The molecule has 12 heteroatoms. The van der Waals surface area contributed by atoms with Crippen molar-refractivity contribution in [3.05, 3.63) is 71.2 Å². The van der Waals surface area contributed by atoms with Crippen LogP contribution in [0.15, 0.2) is 66.0 Å². The molecule has 0 amide bonds. The summed E-state index contributed by atoms with van der Waals surface area (Å²) < 4.78 is 33.0. The lowest BCUT2D eigenvalue weighted by Crippen LogP contribution is -2.47. The minimum atomic E-state index is -3.83. The van der Waals surface area contributed by atoms with Crippen LogP contribution >= 0.6 is 0 Å². The molecular formula is C21H22N6O5S. The molecule has 0 atom stereocenters. The Morgan fingerprint density at radius 3 is 2.58 bits per heavy atom. The molecule has 1 aromatic heterocycles. The van der Waals surface area contributed by atoms with Gasteiger partial charge in [0.25, 0.3) is 5.69 Å². The highest BCUT2D eigenvalue weighted by molar-refractivity contribution is 7.89. The first kappa shape index (κ1) is 22.6. The number of likely N-dealkylation sites (N-methyl/N-ethyl adjacent to an activating group) is 1. The number of nitro groups is 1. The summed E-state index contributed by atoms with van der Waals surface area (Å²) in [5.74, 6) is 0.761. The first-order valence-corrected chi connectivity index (χ1v) is 11.5. The molecule has 2 aromatic carbocycles. The van der Waals surface area contributed by atoms with Crippen LogP contribution in [0, 0.1) is 10.1 Å². The molecule has 3 aromatic rings. The summed E-state index contributed by atoms with van der Waals surface area (Å²) in [7, 11) is -1.91. The number of rotatable bonds is 7. The zero-order valence-corrected chi connectivity index (χ0v) is 18.6. The summed E-state index contributed by atoms with van der Waals surface area (Å²) in [4.78, 5) is 21.0. The molecule has 0 aliphatic carbocycles. The van der Waals surface area contributed by atoms with E-state index in [4.69, 9.17) is 4.74 Å². The predicted octanol–water partition coefficient (Wildman–Crippen LogP) is 2.86. The lowest BCUT2D eigenvalue weighted by molar-refractivity contribution is -0.384. The van der Waals surface area contributed by atoms with E-state index in [1.807, 2.05) is 11.9 Å². The Kier molecular flexibility index (Phi) is 6.49. The Balaban J connectivity index is 1.58. The Hall–Kier alpha value is -3.61. The normalized spacial score (nSPS) is 15.2. The van der Waals surface area contributed by atoms with Crippen LogP contribution in [0.2, 0.25) is 0 Å². The minimum absolute atomic E-state index is 0.107. The molecule has 1 fully saturated rings. The lowest BCUT2D eigenvalue weighted by atomic mass is 10.2. The van der Waals surface area contributed by atoms with Gasteiger partial charge in [0.15, 0.2) is 0 Å². The molecule has 0 saturated carbocycles. The van der Waals surface area contributed by atoms with Gasteiger partial charge in [-0.3, -0.25) is 15.1 Å². The van der Waals surface area contributed by atoms with E-state index in [0.29, 0.717) is 43.5 Å². The van der Waals surface area contributed by atoms with E-state index in [1.54, 1.807) is 24.3 Å². The van der Waals surface area contributed by atoms with Crippen LogP contribution in [0.5, 0.6) is 11.6 Å². The van der Waals surface area contributed by atoms with Gasteiger partial charge in [0.1, 0.15) is 11.4 Å². The molecule has 172 valence electrons. The third kappa shape index (κ3) is 5.25. The lowest BCUT2D eigenvalue weighted by Gasteiger charge is -2.31. The maximum atomic E-state index is 13.0. The van der Waals surface area contributed by atoms with Crippen LogP contribution in [-0.2, 0) is 10.0 Å². The number of piperazine rings is 1. The van der Waals surface area contributed by atoms with Crippen LogP contribution < -0.4 is 10.1 Å². The first-order valence-electron chi connectivity index (χ1n) is 10.1. The monoisotopic (exact) mass is 470 g/mol. The van der Waals surface area contributed by atoms with E-state index < -0.39 is 14.9 Å². The van der Waals surface area contributed by atoms with Crippen molar-refractivity contribution in [2.24, 2.45) is 0 Å². The Labute approximate surface area is 190 Å². The molecule has 0 spiro atoms. The van der Waals surface area contributed by atoms with E-state index >= 15 is 0 Å². The number of sulfonamides is 1. The number of ether oxygens (including phenoxy) is 1. The average molecular weight is 471 g/mol. The van der Waals surface area contributed by atoms with E-state index in [9.17, 15) is 18.5 Å². The molecule has 0 radical (unpaired) electrons. The van der Waals surface area contributed by atoms with Gasteiger partial charge in [-0.2, -0.15) is 4.31 Å². The van der Waals surface area contributed by atoms with Crippen molar-refractivity contribution in [1.82, 2.24) is 19.2 Å². The molecule has 4 rings (SSSR count). The van der Waals surface area contributed by atoms with Gasteiger partial charge >= 0.3 is 0 Å². The van der Waals surface area contributed by atoms with Gasteiger partial charge in [-0.15, -0.1) is 0 Å². The maximum absolute atomic E-state index is 13.0. The van der Waals surface area contributed by atoms with Gasteiger partial charge in [-0.1, -0.05) is 6.07 Å². The standard InChI is InChI=1S/C21H22N6O5S/c1-25-9-11-26(12-10-25)33(30,31)18-5-6-19(20(14-18)27(28)29)24-16-3-2-4-17(13-16)32-21-15-22-7-8-23-21/h2-8,13-15,24H,9-12H2,1H3. The average Bonchev–Trinajstić information content (AvgIpc) is 2.80. The van der Waals surface area contributed by atoms with E-state index in [0.717, 1.165) is 6.07 Å². The summed E-state index contributed by atoms with van der Waals surface area (Å²) >= 11 is 0. The van der Waals surface area contributed by atoms with Crippen LogP contribution in [-0.4, -0.2) is 65.7 Å². The number of nitrogens with zero attached hydrogens (tertiary/aromatic N) is 5. The predicted molar refractivity (Wildman–Crippen MR) is 121 cm³/mol. The smallest absolute Gasteiger partial charge is 0.294 e. The van der Waals surface area contributed by atoms with Gasteiger partial charge in [-0.25, -0.2) is 13.4 Å². The van der Waals surface area contributed by atoms with Crippen LogP contribution in [0.3, 0.4) is 0 Å². The van der Waals surface area contributed by atoms with Crippen LogP contribution in [0.25, 0.3) is 0 Å². The largest absolute Gasteiger partial charge is 0.437 e. The van der Waals surface area contributed by atoms with Crippen molar-refractivity contribution in [2.75, 3.05) is 38.5 Å². The zero-order chi connectivity index (χ0) is 23.4. The maximum Gasteiger partial charge on any atom is 0.294 e. The van der Waals surface area contributed by atoms with Gasteiger partial charge < -0.3 is 15.0 Å². The van der Waals surface area contributed by atoms with Gasteiger partial charge in [0.05, 0.1) is 16.0 Å². The molecule has 33 heavy (non-hydrogen) atoms. The highest BCUT2D eigenvalue weighted by atomic mass is 32.2. The van der Waals surface area contributed by atoms with Crippen molar-refractivity contribution < 1.29 is 18.1 Å². The first-order chi connectivity index (χ1) is 15.8. The number of aromatic nitrogens is 2. The van der Waals surface area contributed by atoms with Crippen LogP contribution in [0.1, 0.15) is 0 Å². The molecule has 0 bridgehead atoms. The molecular weight excluding hydrogens is 448 g/mol. The molecule has 1 N–H and O–H groups in total. The second kappa shape index (κ2) is 9.48. The van der Waals surface area contributed by atoms with Gasteiger partial charge in [0.2, 0.25) is 15.9 Å². The van der Waals surface area contributed by atoms with E-state index in [-0.39, 0.29) is 16.3 Å². The highest BCUT2D eigenvalue weighted by Crippen LogP contribution is 2.32. The number of anilines is 2. The fourth-order valence-corrected chi connectivity index (χ4v) is 4.80. The molecule has 11 nitrogen and oxygen atoms in total. The number of nitrogens with one attached hydrogen (secondary N) is 1. The highest BCUT2D eigenvalue weighted by Gasteiger charge is 2.29. The van der Waals surface area contributed by atoms with Crippen molar-refractivity contribution in [1.29, 1.82) is 0 Å². The molecule has 2 heterocycles. The second-order valence-electron chi connectivity index (χ2n) is 7.44. The Bertz CT molecular complexity index is 1250. The quantitative estimate of drug-likeness (QED) is 0.409. The third-order valence-corrected chi connectivity index (χ3v) is 7.04. The second-order valence-corrected chi connectivity index (χ2v) is 9.38. The van der Waals surface area contributed by atoms with Crippen LogP contribution in [0.4, 0.5) is 17.1 Å². The zero-order valence-electron chi connectivity index (χ0n) is 17.8. The topological polar surface area (TPSA) is 131 Å². The fraction of sp³-hybridized carbons (Fsp3) is 0.238. The van der Waals surface area contributed by atoms with Crippen molar-refractivity contribution in [2.45, 2.75) is 4.90 Å². The van der Waals surface area contributed by atoms with Gasteiger partial charge in [-0.05, 0) is 31.3 Å². The number of hydrogen-bond donors (Lipinski definition) is 1. The molecule has 1 aliphatic heterocycles. The van der Waals surface area contributed by atoms with Gasteiger partial charge in [0, 0.05) is 56.4 Å². The Morgan fingerprint density at radius 2 is 1.88 bits per heavy atom. The number of nitro benzene ring substituents is 1. The molecule has 1 aliphatic rings. The minimum Gasteiger partial charge on any atom is -0.437 e. The molecule has 0 unspecified atom stereocenters.